The summed E-state index contributed by atoms with van der Waals surface area (Å²) in [6.07, 6.45) is 3.56. The molecule has 2 heterocycles. The van der Waals surface area contributed by atoms with Gasteiger partial charge in [0, 0.05) is 37.7 Å². The van der Waals surface area contributed by atoms with E-state index >= 15 is 0 Å². The van der Waals surface area contributed by atoms with Crippen LogP contribution in [0, 0.1) is 5.92 Å². The first kappa shape index (κ1) is 17.7. The van der Waals surface area contributed by atoms with Crippen molar-refractivity contribution in [2.24, 2.45) is 5.92 Å². The third-order valence-electron chi connectivity index (χ3n) is 4.37. The molecule has 0 saturated carbocycles. The van der Waals surface area contributed by atoms with Crippen LogP contribution < -0.4 is 5.56 Å². The van der Waals surface area contributed by atoms with E-state index in [1.165, 1.54) is 24.0 Å². The van der Waals surface area contributed by atoms with Gasteiger partial charge in [-0.2, -0.15) is 0 Å². The highest BCUT2D eigenvalue weighted by Gasteiger charge is 2.29. The summed E-state index contributed by atoms with van der Waals surface area (Å²) in [6.45, 7) is 3.92. The Bertz CT molecular complexity index is 776. The zero-order valence-corrected chi connectivity index (χ0v) is 15.2. The first-order valence-corrected chi connectivity index (χ1v) is 9.69. The van der Waals surface area contributed by atoms with Gasteiger partial charge < -0.3 is 4.90 Å². The molecule has 1 amide bonds. The fourth-order valence-electron chi connectivity index (χ4n) is 2.98. The highest BCUT2D eigenvalue weighted by atomic mass is 32.2. The van der Waals surface area contributed by atoms with E-state index in [1.54, 1.807) is 4.57 Å². The van der Waals surface area contributed by atoms with E-state index in [0.717, 1.165) is 24.9 Å². The number of aromatic nitrogens is 2. The Balaban J connectivity index is 1.76. The first-order valence-electron chi connectivity index (χ1n) is 8.70. The molecule has 0 spiro atoms. The average molecular weight is 357 g/mol. The molecule has 6 heteroatoms. The molecule has 0 fully saturated rings. The molecular formula is C19H23N3O2S. The van der Waals surface area contributed by atoms with E-state index < -0.39 is 0 Å². The Labute approximate surface area is 152 Å². The third kappa shape index (κ3) is 4.31. The van der Waals surface area contributed by atoms with Gasteiger partial charge >= 0.3 is 0 Å². The lowest BCUT2D eigenvalue weighted by Gasteiger charge is -2.30. The average Bonchev–Trinajstić information content (AvgIpc) is 2.65. The highest BCUT2D eigenvalue weighted by molar-refractivity contribution is 7.99. The van der Waals surface area contributed by atoms with Gasteiger partial charge in [-0.3, -0.25) is 14.2 Å². The number of carbonyl (C=O) groups excluding carboxylic acids is 1. The van der Waals surface area contributed by atoms with Crippen molar-refractivity contribution in [1.82, 2.24) is 14.5 Å². The van der Waals surface area contributed by atoms with E-state index in [1.807, 2.05) is 35.2 Å². The van der Waals surface area contributed by atoms with Crippen LogP contribution in [0.3, 0.4) is 0 Å². The second kappa shape index (κ2) is 8.34. The standard InChI is InChI=1S/C19H23N3O2S/c1-2-3-11-21(12-15-7-5-4-6-8-15)18(24)16-13-22-17(23)9-10-20-19(22)25-14-16/h4-10,16H,2-3,11-14H2,1H3. The Morgan fingerprint density at radius 2 is 2.12 bits per heavy atom. The number of carbonyl (C=O) groups is 1. The van der Waals surface area contributed by atoms with E-state index in [2.05, 4.69) is 11.9 Å². The van der Waals surface area contributed by atoms with Crippen molar-refractivity contribution >= 4 is 17.7 Å². The van der Waals surface area contributed by atoms with Gasteiger partial charge in [-0.25, -0.2) is 4.98 Å². The first-order chi connectivity index (χ1) is 12.2. The molecule has 1 aromatic carbocycles. The SMILES string of the molecule is CCCCN(Cc1ccccc1)C(=O)C1CSc2nccc(=O)n2C1. The predicted molar refractivity (Wildman–Crippen MR) is 99.5 cm³/mol. The van der Waals surface area contributed by atoms with Crippen molar-refractivity contribution in [3.8, 4) is 0 Å². The van der Waals surface area contributed by atoms with Gasteiger partial charge in [0.15, 0.2) is 5.16 Å². The van der Waals surface area contributed by atoms with Crippen molar-refractivity contribution in [2.45, 2.75) is 38.0 Å². The molecule has 0 saturated heterocycles. The Hall–Kier alpha value is -2.08. The van der Waals surface area contributed by atoms with Crippen LogP contribution in [-0.4, -0.2) is 32.7 Å². The van der Waals surface area contributed by atoms with E-state index in [0.29, 0.717) is 24.0 Å². The van der Waals surface area contributed by atoms with Gasteiger partial charge in [0.2, 0.25) is 5.91 Å². The molecular weight excluding hydrogens is 334 g/mol. The molecule has 1 aliphatic rings. The minimum atomic E-state index is -0.181. The second-order valence-electron chi connectivity index (χ2n) is 6.28. The highest BCUT2D eigenvalue weighted by Crippen LogP contribution is 2.26. The number of hydrogen-bond acceptors (Lipinski definition) is 4. The third-order valence-corrected chi connectivity index (χ3v) is 5.53. The van der Waals surface area contributed by atoms with Crippen LogP contribution in [0.25, 0.3) is 0 Å². The summed E-state index contributed by atoms with van der Waals surface area (Å²) in [5.74, 6) is 0.623. The van der Waals surface area contributed by atoms with Crippen LogP contribution in [0.15, 0.2) is 52.5 Å². The molecule has 0 aliphatic carbocycles. The van der Waals surface area contributed by atoms with Crippen molar-refractivity contribution in [1.29, 1.82) is 0 Å². The molecule has 1 unspecified atom stereocenters. The van der Waals surface area contributed by atoms with Gasteiger partial charge in [-0.05, 0) is 12.0 Å². The zero-order chi connectivity index (χ0) is 17.6. The van der Waals surface area contributed by atoms with E-state index in [4.69, 9.17) is 0 Å². The van der Waals surface area contributed by atoms with Crippen LogP contribution in [-0.2, 0) is 17.9 Å². The monoisotopic (exact) mass is 357 g/mol. The largest absolute Gasteiger partial charge is 0.338 e. The minimum Gasteiger partial charge on any atom is -0.338 e. The van der Waals surface area contributed by atoms with Crippen LogP contribution in [0.2, 0.25) is 0 Å². The molecule has 1 aliphatic heterocycles. The van der Waals surface area contributed by atoms with Gasteiger partial charge in [0.25, 0.3) is 5.56 Å². The molecule has 1 aromatic heterocycles. The maximum Gasteiger partial charge on any atom is 0.254 e. The van der Waals surface area contributed by atoms with Crippen molar-refractivity contribution < 1.29 is 4.79 Å². The van der Waals surface area contributed by atoms with Gasteiger partial charge in [0.1, 0.15) is 0 Å². The lowest BCUT2D eigenvalue weighted by atomic mass is 10.1. The molecule has 3 rings (SSSR count). The summed E-state index contributed by atoms with van der Waals surface area (Å²) in [5.41, 5.74) is 1.05. The Morgan fingerprint density at radius 3 is 2.88 bits per heavy atom. The number of amides is 1. The lowest BCUT2D eigenvalue weighted by molar-refractivity contribution is -0.136. The van der Waals surface area contributed by atoms with Crippen LogP contribution in [0.5, 0.6) is 0 Å². The fourth-order valence-corrected chi connectivity index (χ4v) is 4.03. The molecule has 0 N–H and O–H groups in total. The Morgan fingerprint density at radius 1 is 1.32 bits per heavy atom. The number of fused-ring (bicyclic) bond motifs is 1. The normalized spacial score (nSPS) is 16.3. The van der Waals surface area contributed by atoms with Gasteiger partial charge in [0.05, 0.1) is 5.92 Å². The van der Waals surface area contributed by atoms with E-state index in [-0.39, 0.29) is 17.4 Å². The van der Waals surface area contributed by atoms with Crippen LogP contribution in [0.4, 0.5) is 0 Å². The number of benzene rings is 1. The molecule has 0 bridgehead atoms. The molecule has 1 atom stereocenters. The van der Waals surface area contributed by atoms with Crippen LogP contribution >= 0.6 is 11.8 Å². The number of unbranched alkanes of at least 4 members (excludes halogenated alkanes) is 1. The molecule has 25 heavy (non-hydrogen) atoms. The number of hydrogen-bond donors (Lipinski definition) is 0. The summed E-state index contributed by atoms with van der Waals surface area (Å²) >= 11 is 1.49. The van der Waals surface area contributed by atoms with Crippen molar-refractivity contribution in [3.05, 3.63) is 58.5 Å². The summed E-state index contributed by atoms with van der Waals surface area (Å²) in [5, 5.41) is 0.708. The number of nitrogens with zero attached hydrogens (tertiary/aromatic N) is 3. The summed E-state index contributed by atoms with van der Waals surface area (Å²) in [7, 11) is 0. The summed E-state index contributed by atoms with van der Waals surface area (Å²) in [4.78, 5) is 31.3. The predicted octanol–water partition coefficient (Wildman–Crippen LogP) is 2.79. The summed E-state index contributed by atoms with van der Waals surface area (Å²) < 4.78 is 1.62. The zero-order valence-electron chi connectivity index (χ0n) is 14.4. The molecule has 5 nitrogen and oxygen atoms in total. The van der Waals surface area contributed by atoms with Crippen LogP contribution in [0.1, 0.15) is 25.3 Å². The fraction of sp³-hybridized carbons (Fsp3) is 0.421. The van der Waals surface area contributed by atoms with E-state index in [9.17, 15) is 9.59 Å². The molecule has 132 valence electrons. The maximum absolute atomic E-state index is 13.1. The van der Waals surface area contributed by atoms with Gasteiger partial charge in [-0.15, -0.1) is 0 Å². The van der Waals surface area contributed by atoms with Crippen molar-refractivity contribution in [2.75, 3.05) is 12.3 Å². The molecule has 2 aromatic rings. The Kier molecular flexibility index (Phi) is 5.91. The minimum absolute atomic E-state index is 0.0850. The topological polar surface area (TPSA) is 55.2 Å². The quantitative estimate of drug-likeness (QED) is 0.746. The summed E-state index contributed by atoms with van der Waals surface area (Å²) in [6, 6.07) is 11.5. The lowest BCUT2D eigenvalue weighted by Crippen LogP contribution is -2.42. The smallest absolute Gasteiger partial charge is 0.254 e. The second-order valence-corrected chi connectivity index (χ2v) is 7.27. The maximum atomic E-state index is 13.1. The molecule has 0 radical (unpaired) electrons. The number of rotatable bonds is 6. The van der Waals surface area contributed by atoms with Crippen molar-refractivity contribution in [3.63, 3.8) is 0 Å². The van der Waals surface area contributed by atoms with Gasteiger partial charge in [-0.1, -0.05) is 55.4 Å². The number of thioether (sulfide) groups is 1.